The molecular formula is C7H10N6O. The van der Waals surface area contributed by atoms with Crippen LogP contribution in [0.1, 0.15) is 17.6 Å². The fourth-order valence-corrected chi connectivity index (χ4v) is 1.12. The highest BCUT2D eigenvalue weighted by molar-refractivity contribution is 5.12. The maximum Gasteiger partial charge on any atom is 0.260 e. The Labute approximate surface area is 79.5 Å². The summed E-state index contributed by atoms with van der Waals surface area (Å²) in [5.74, 6) is 0.428. The third kappa shape index (κ3) is 1.72. The van der Waals surface area contributed by atoms with Gasteiger partial charge in [-0.1, -0.05) is 0 Å². The monoisotopic (exact) mass is 194 g/mol. The van der Waals surface area contributed by atoms with Gasteiger partial charge in [-0.15, -0.1) is 0 Å². The van der Waals surface area contributed by atoms with Crippen molar-refractivity contribution in [3.63, 3.8) is 0 Å². The summed E-state index contributed by atoms with van der Waals surface area (Å²) < 4.78 is 4.83. The standard InChI is InChI=1S/C7H10N6O/c8-5(1-4-2-10-3-11-4)6-12-7(9)13-14-6/h2-3,5H,1,8H2,(H2,9,13)(H,10,11)/t5-/m0/s1. The molecule has 0 spiro atoms. The molecule has 1 atom stereocenters. The van der Waals surface area contributed by atoms with E-state index in [-0.39, 0.29) is 12.0 Å². The maximum atomic E-state index is 5.80. The molecule has 0 unspecified atom stereocenters. The fourth-order valence-electron chi connectivity index (χ4n) is 1.12. The lowest BCUT2D eigenvalue weighted by Crippen LogP contribution is -2.14. The minimum Gasteiger partial charge on any atom is -0.365 e. The summed E-state index contributed by atoms with van der Waals surface area (Å²) in [4.78, 5) is 10.6. The second kappa shape index (κ2) is 3.46. The second-order valence-electron chi connectivity index (χ2n) is 2.88. The number of nitrogens with two attached hydrogens (primary N) is 2. The number of rotatable bonds is 3. The van der Waals surface area contributed by atoms with Crippen LogP contribution in [0.5, 0.6) is 0 Å². The minimum absolute atomic E-state index is 0.0973. The van der Waals surface area contributed by atoms with Crippen LogP contribution in [0.25, 0.3) is 0 Å². The van der Waals surface area contributed by atoms with Crippen LogP contribution >= 0.6 is 0 Å². The average molecular weight is 194 g/mol. The summed E-state index contributed by atoms with van der Waals surface area (Å²) in [5.41, 5.74) is 12.0. The number of H-pyrrole nitrogens is 1. The van der Waals surface area contributed by atoms with E-state index in [4.69, 9.17) is 16.0 Å². The third-order valence-corrected chi connectivity index (χ3v) is 1.77. The van der Waals surface area contributed by atoms with Crippen molar-refractivity contribution < 1.29 is 4.52 Å². The van der Waals surface area contributed by atoms with Gasteiger partial charge in [-0.2, -0.15) is 4.98 Å². The molecule has 0 fully saturated rings. The van der Waals surface area contributed by atoms with E-state index < -0.39 is 0 Å². The minimum atomic E-state index is -0.361. The van der Waals surface area contributed by atoms with Crippen molar-refractivity contribution in [2.75, 3.05) is 5.73 Å². The SMILES string of the molecule is Nc1noc([C@@H](N)Cc2cnc[nH]2)n1. The Morgan fingerprint density at radius 2 is 2.43 bits per heavy atom. The van der Waals surface area contributed by atoms with E-state index in [2.05, 4.69) is 20.1 Å². The molecule has 2 aromatic heterocycles. The Hall–Kier alpha value is -1.89. The fraction of sp³-hybridized carbons (Fsp3) is 0.286. The lowest BCUT2D eigenvalue weighted by Gasteiger charge is -2.03. The van der Waals surface area contributed by atoms with Gasteiger partial charge in [0.05, 0.1) is 12.4 Å². The number of hydrogen-bond donors (Lipinski definition) is 3. The number of nitrogens with zero attached hydrogens (tertiary/aromatic N) is 3. The Kier molecular flexibility index (Phi) is 2.15. The Balaban J connectivity index is 2.06. The molecule has 5 N–H and O–H groups in total. The number of imidazole rings is 1. The summed E-state index contributed by atoms with van der Waals surface area (Å²) in [6.07, 6.45) is 3.84. The van der Waals surface area contributed by atoms with Crippen molar-refractivity contribution >= 4 is 5.95 Å². The number of hydrogen-bond acceptors (Lipinski definition) is 6. The van der Waals surface area contributed by atoms with Crippen molar-refractivity contribution in [1.29, 1.82) is 0 Å². The number of aromatic amines is 1. The lowest BCUT2D eigenvalue weighted by molar-refractivity contribution is 0.354. The van der Waals surface area contributed by atoms with Crippen molar-refractivity contribution in [1.82, 2.24) is 20.1 Å². The Morgan fingerprint density at radius 3 is 3.00 bits per heavy atom. The molecular weight excluding hydrogens is 184 g/mol. The van der Waals surface area contributed by atoms with Gasteiger partial charge < -0.3 is 21.0 Å². The van der Waals surface area contributed by atoms with Crippen molar-refractivity contribution in [3.8, 4) is 0 Å². The van der Waals surface area contributed by atoms with Gasteiger partial charge in [0.2, 0.25) is 5.89 Å². The molecule has 0 amide bonds. The maximum absolute atomic E-state index is 5.80. The predicted molar refractivity (Wildman–Crippen MR) is 47.9 cm³/mol. The van der Waals surface area contributed by atoms with Gasteiger partial charge in [0.1, 0.15) is 0 Å². The normalized spacial score (nSPS) is 12.9. The average Bonchev–Trinajstić information content (AvgIpc) is 2.75. The smallest absolute Gasteiger partial charge is 0.260 e. The molecule has 0 radical (unpaired) electrons. The molecule has 7 heteroatoms. The van der Waals surface area contributed by atoms with Gasteiger partial charge in [-0.3, -0.25) is 0 Å². The molecule has 0 aromatic carbocycles. The molecule has 74 valence electrons. The van der Waals surface area contributed by atoms with Gasteiger partial charge in [0.25, 0.3) is 5.95 Å². The first kappa shape index (κ1) is 8.70. The van der Waals surface area contributed by atoms with Crippen LogP contribution in [0.2, 0.25) is 0 Å². The molecule has 0 saturated heterocycles. The van der Waals surface area contributed by atoms with Crippen LogP contribution in [0.4, 0.5) is 5.95 Å². The van der Waals surface area contributed by atoms with Gasteiger partial charge in [-0.25, -0.2) is 4.98 Å². The van der Waals surface area contributed by atoms with E-state index in [0.29, 0.717) is 12.3 Å². The predicted octanol–water partition coefficient (Wildman–Crippen LogP) is -0.383. The van der Waals surface area contributed by atoms with Crippen LogP contribution in [0, 0.1) is 0 Å². The van der Waals surface area contributed by atoms with Crippen LogP contribution in [-0.2, 0) is 6.42 Å². The van der Waals surface area contributed by atoms with Crippen molar-refractivity contribution in [2.24, 2.45) is 5.73 Å². The zero-order chi connectivity index (χ0) is 9.97. The van der Waals surface area contributed by atoms with E-state index >= 15 is 0 Å². The number of nitrogen functional groups attached to an aromatic ring is 1. The van der Waals surface area contributed by atoms with E-state index in [1.165, 1.54) is 0 Å². The van der Waals surface area contributed by atoms with E-state index in [0.717, 1.165) is 5.69 Å². The molecule has 2 rings (SSSR count). The van der Waals surface area contributed by atoms with Gasteiger partial charge >= 0.3 is 0 Å². The zero-order valence-electron chi connectivity index (χ0n) is 7.34. The number of aromatic nitrogens is 4. The zero-order valence-corrected chi connectivity index (χ0v) is 7.34. The molecule has 2 heterocycles. The second-order valence-corrected chi connectivity index (χ2v) is 2.88. The quantitative estimate of drug-likeness (QED) is 0.612. The van der Waals surface area contributed by atoms with Crippen LogP contribution in [-0.4, -0.2) is 20.1 Å². The van der Waals surface area contributed by atoms with E-state index in [9.17, 15) is 0 Å². The number of anilines is 1. The lowest BCUT2D eigenvalue weighted by atomic mass is 10.2. The van der Waals surface area contributed by atoms with Crippen molar-refractivity contribution in [3.05, 3.63) is 24.1 Å². The first-order chi connectivity index (χ1) is 6.75. The molecule has 0 aliphatic carbocycles. The Morgan fingerprint density at radius 1 is 1.57 bits per heavy atom. The molecule has 2 aromatic rings. The molecule has 7 nitrogen and oxygen atoms in total. The van der Waals surface area contributed by atoms with E-state index in [1.807, 2.05) is 0 Å². The molecule has 0 bridgehead atoms. The van der Waals surface area contributed by atoms with E-state index in [1.54, 1.807) is 12.5 Å². The Bertz CT molecular complexity index is 394. The highest BCUT2D eigenvalue weighted by atomic mass is 16.5. The highest BCUT2D eigenvalue weighted by Crippen LogP contribution is 2.12. The first-order valence-electron chi connectivity index (χ1n) is 4.07. The van der Waals surface area contributed by atoms with Crippen LogP contribution < -0.4 is 11.5 Å². The molecule has 0 aliphatic heterocycles. The summed E-state index contributed by atoms with van der Waals surface area (Å²) in [7, 11) is 0. The molecule has 0 aliphatic rings. The van der Waals surface area contributed by atoms with Crippen molar-refractivity contribution in [2.45, 2.75) is 12.5 Å². The summed E-state index contributed by atoms with van der Waals surface area (Å²) in [6, 6.07) is -0.361. The summed E-state index contributed by atoms with van der Waals surface area (Å²) >= 11 is 0. The first-order valence-corrected chi connectivity index (χ1v) is 4.07. The van der Waals surface area contributed by atoms with Gasteiger partial charge in [0, 0.05) is 18.3 Å². The third-order valence-electron chi connectivity index (χ3n) is 1.77. The highest BCUT2D eigenvalue weighted by Gasteiger charge is 2.14. The largest absolute Gasteiger partial charge is 0.365 e. The van der Waals surface area contributed by atoms with Crippen LogP contribution in [0.3, 0.4) is 0 Å². The molecule has 14 heavy (non-hydrogen) atoms. The molecule has 0 saturated carbocycles. The summed E-state index contributed by atoms with van der Waals surface area (Å²) in [5, 5.41) is 3.45. The van der Waals surface area contributed by atoms with Gasteiger partial charge in [0.15, 0.2) is 0 Å². The van der Waals surface area contributed by atoms with Crippen LogP contribution in [0.15, 0.2) is 17.0 Å². The topological polar surface area (TPSA) is 120 Å². The number of nitrogens with one attached hydrogen (secondary N) is 1. The van der Waals surface area contributed by atoms with Gasteiger partial charge in [-0.05, 0) is 5.16 Å². The summed E-state index contributed by atoms with van der Waals surface area (Å²) in [6.45, 7) is 0.